The minimum absolute atomic E-state index is 0.0541. The first-order valence-corrected chi connectivity index (χ1v) is 16.3. The molecule has 44 heavy (non-hydrogen) atoms. The number of rotatable bonds is 17. The average molecular weight is 617 g/mol. The molecule has 1 aromatic carbocycles. The Hall–Kier alpha value is -2.54. The van der Waals surface area contributed by atoms with Crippen molar-refractivity contribution in [1.29, 1.82) is 0 Å². The van der Waals surface area contributed by atoms with Gasteiger partial charge in [-0.2, -0.15) is 5.06 Å². The van der Waals surface area contributed by atoms with Crippen LogP contribution in [0.5, 0.6) is 0 Å². The fourth-order valence-corrected chi connectivity index (χ4v) is 7.19. The summed E-state index contributed by atoms with van der Waals surface area (Å²) in [4.78, 5) is 34.3. The Morgan fingerprint density at radius 1 is 1.05 bits per heavy atom. The molecule has 244 valence electrons. The van der Waals surface area contributed by atoms with Crippen LogP contribution in [0.1, 0.15) is 82.8 Å². The van der Waals surface area contributed by atoms with E-state index in [1.54, 1.807) is 11.1 Å². The summed E-state index contributed by atoms with van der Waals surface area (Å²) < 4.78 is 24.9. The molecule has 3 saturated heterocycles. The van der Waals surface area contributed by atoms with Crippen molar-refractivity contribution in [3.63, 3.8) is 0 Å². The van der Waals surface area contributed by atoms with Crippen LogP contribution in [0.25, 0.3) is 6.08 Å². The monoisotopic (exact) mass is 616 g/mol. The van der Waals surface area contributed by atoms with Gasteiger partial charge in [0.05, 0.1) is 26.0 Å². The van der Waals surface area contributed by atoms with E-state index in [2.05, 4.69) is 19.2 Å². The lowest BCUT2D eigenvalue weighted by atomic mass is 9.62. The van der Waals surface area contributed by atoms with Gasteiger partial charge in [-0.15, -0.1) is 0 Å². The molecule has 11 heteroatoms. The molecule has 5 rings (SSSR count). The summed E-state index contributed by atoms with van der Waals surface area (Å²) in [6.07, 6.45) is 8.69. The molecule has 11 nitrogen and oxygen atoms in total. The van der Waals surface area contributed by atoms with Gasteiger partial charge >= 0.3 is 5.97 Å². The maximum absolute atomic E-state index is 14.0. The Bertz CT molecular complexity index is 1130. The number of aliphatic hydroxyl groups is 2. The van der Waals surface area contributed by atoms with Gasteiger partial charge in [0.15, 0.2) is 11.8 Å². The summed E-state index contributed by atoms with van der Waals surface area (Å²) in [6, 6.07) is 6.71. The summed E-state index contributed by atoms with van der Waals surface area (Å²) in [7, 11) is 0. The van der Waals surface area contributed by atoms with Crippen LogP contribution >= 0.6 is 0 Å². The second-order valence-electron chi connectivity index (χ2n) is 12.3. The van der Waals surface area contributed by atoms with E-state index >= 15 is 0 Å². The standard InChI is InChI=1S/C33H48N2O9/c1-3-5-7-14-32(15-8-6-4-2)42-26-25-21-33(31(39)34-16-17-36)28(30(38)41-25)35(44-29(33)27(26)43-32)22-24-11-9-23(10-12-24)13-19-40-20-18-37/h9-13,19,25-29,36-37H,3-8,14-18,20-22H2,1-2H3,(H,34,39)/t25?,26-,27-,28-,29+,33?/m0/s1. The van der Waals surface area contributed by atoms with E-state index in [4.69, 9.17) is 28.9 Å². The first-order valence-electron chi connectivity index (χ1n) is 16.3. The highest BCUT2D eigenvalue weighted by Crippen LogP contribution is 2.58. The molecule has 1 aromatic rings. The van der Waals surface area contributed by atoms with Crippen LogP contribution < -0.4 is 5.32 Å². The number of amides is 1. The molecule has 0 radical (unpaired) electrons. The fourth-order valence-electron chi connectivity index (χ4n) is 7.19. The second-order valence-corrected chi connectivity index (χ2v) is 12.3. The smallest absolute Gasteiger partial charge is 0.327 e. The minimum Gasteiger partial charge on any atom is -0.499 e. The molecule has 0 spiro atoms. The summed E-state index contributed by atoms with van der Waals surface area (Å²) in [5, 5.41) is 22.8. The van der Waals surface area contributed by atoms with Crippen LogP contribution in [0.3, 0.4) is 0 Å². The van der Waals surface area contributed by atoms with E-state index in [-0.39, 0.29) is 45.2 Å². The van der Waals surface area contributed by atoms with E-state index in [1.165, 1.54) is 6.26 Å². The SMILES string of the molecule is CCCCCC1(CCCCC)O[C@@H]2[C@H]3ON(Cc4ccc(C=COCCO)cc4)[C@H]4C(=O)OC(CC34C(=O)NCCO)[C@@H]2O1. The zero-order chi connectivity index (χ0) is 31.2. The van der Waals surface area contributed by atoms with E-state index in [0.717, 1.165) is 62.5 Å². The van der Waals surface area contributed by atoms with Crippen LogP contribution in [-0.4, -0.2) is 89.8 Å². The van der Waals surface area contributed by atoms with Crippen molar-refractivity contribution in [2.45, 2.75) is 114 Å². The lowest BCUT2D eigenvalue weighted by Crippen LogP contribution is -2.69. The molecule has 1 saturated carbocycles. The Labute approximate surface area is 259 Å². The number of unbranched alkanes of at least 4 members (excludes halogenated alkanes) is 4. The van der Waals surface area contributed by atoms with Crippen LogP contribution in [0.4, 0.5) is 0 Å². The van der Waals surface area contributed by atoms with Gasteiger partial charge in [0, 0.05) is 25.8 Å². The molecular formula is C33H48N2O9. The van der Waals surface area contributed by atoms with Crippen LogP contribution in [0.15, 0.2) is 30.5 Å². The first kappa shape index (κ1) is 32.8. The van der Waals surface area contributed by atoms with Crippen molar-refractivity contribution in [3.05, 3.63) is 41.7 Å². The van der Waals surface area contributed by atoms with Gasteiger partial charge < -0.3 is 34.5 Å². The highest BCUT2D eigenvalue weighted by Gasteiger charge is 2.76. The molecule has 3 heterocycles. The number of nitrogens with zero attached hydrogens (tertiary/aromatic N) is 1. The number of hydroxylamine groups is 2. The van der Waals surface area contributed by atoms with Gasteiger partial charge in [0.1, 0.15) is 36.4 Å². The molecule has 4 aliphatic rings. The largest absolute Gasteiger partial charge is 0.499 e. The zero-order valence-corrected chi connectivity index (χ0v) is 25.9. The van der Waals surface area contributed by atoms with Crippen LogP contribution in [-0.2, 0) is 39.9 Å². The van der Waals surface area contributed by atoms with Crippen molar-refractivity contribution < 1.29 is 43.6 Å². The molecule has 1 amide bonds. The lowest BCUT2D eigenvalue weighted by Gasteiger charge is -2.48. The van der Waals surface area contributed by atoms with Crippen molar-refractivity contribution in [2.24, 2.45) is 5.41 Å². The number of nitrogens with one attached hydrogen (secondary N) is 1. The number of carbonyl (C=O) groups excluding carboxylic acids is 2. The number of hydrogen-bond acceptors (Lipinski definition) is 10. The summed E-state index contributed by atoms with van der Waals surface area (Å²) in [6.45, 7) is 4.60. The molecule has 2 bridgehead atoms. The Kier molecular flexibility index (Phi) is 11.0. The molecule has 0 aromatic heterocycles. The predicted octanol–water partition coefficient (Wildman–Crippen LogP) is 3.22. The lowest BCUT2D eigenvalue weighted by molar-refractivity contribution is -0.224. The third kappa shape index (κ3) is 6.54. The van der Waals surface area contributed by atoms with Gasteiger partial charge in [-0.1, -0.05) is 63.8 Å². The molecule has 1 aliphatic carbocycles. The maximum atomic E-state index is 14.0. The van der Waals surface area contributed by atoms with Crippen molar-refractivity contribution in [3.8, 4) is 0 Å². The third-order valence-corrected chi connectivity index (χ3v) is 9.28. The number of carbonyl (C=O) groups is 2. The van der Waals surface area contributed by atoms with Gasteiger partial charge in [-0.25, -0.2) is 0 Å². The van der Waals surface area contributed by atoms with E-state index in [0.29, 0.717) is 0 Å². The average Bonchev–Trinajstić information content (AvgIpc) is 3.57. The number of esters is 1. The number of hydrogen-bond donors (Lipinski definition) is 3. The van der Waals surface area contributed by atoms with Crippen LogP contribution in [0.2, 0.25) is 0 Å². The van der Waals surface area contributed by atoms with Gasteiger partial charge in [0.25, 0.3) is 0 Å². The molecule has 4 fully saturated rings. The minimum atomic E-state index is -1.25. The maximum Gasteiger partial charge on any atom is 0.327 e. The highest BCUT2D eigenvalue weighted by atomic mass is 16.8. The second kappa shape index (κ2) is 14.7. The van der Waals surface area contributed by atoms with E-state index < -0.39 is 47.6 Å². The van der Waals surface area contributed by atoms with E-state index in [9.17, 15) is 14.7 Å². The number of benzene rings is 1. The summed E-state index contributed by atoms with van der Waals surface area (Å²) >= 11 is 0. The normalized spacial score (nSPS) is 30.4. The molecule has 6 atom stereocenters. The number of fused-ring (bicyclic) bond motifs is 4. The summed E-state index contributed by atoms with van der Waals surface area (Å²) in [5.74, 6) is -1.67. The first-order chi connectivity index (χ1) is 21.4. The molecule has 3 N–H and O–H groups in total. The highest BCUT2D eigenvalue weighted by molar-refractivity contribution is 5.93. The Morgan fingerprint density at radius 3 is 2.41 bits per heavy atom. The Balaban J connectivity index is 1.43. The van der Waals surface area contributed by atoms with Crippen LogP contribution in [0, 0.1) is 5.41 Å². The fraction of sp³-hybridized carbons (Fsp3) is 0.697. The van der Waals surface area contributed by atoms with Crippen molar-refractivity contribution in [2.75, 3.05) is 26.4 Å². The zero-order valence-electron chi connectivity index (χ0n) is 25.9. The molecule has 2 unspecified atom stereocenters. The topological polar surface area (TPSA) is 136 Å². The summed E-state index contributed by atoms with van der Waals surface area (Å²) in [5.41, 5.74) is 0.533. The molecular weight excluding hydrogens is 568 g/mol. The quantitative estimate of drug-likeness (QED) is 0.136. The van der Waals surface area contributed by atoms with E-state index in [1.807, 2.05) is 24.3 Å². The number of aliphatic hydroxyl groups excluding tert-OH is 2. The third-order valence-electron chi connectivity index (χ3n) is 9.28. The van der Waals surface area contributed by atoms with Gasteiger partial charge in [-0.3, -0.25) is 14.4 Å². The van der Waals surface area contributed by atoms with Gasteiger partial charge in [-0.05, 0) is 30.0 Å². The van der Waals surface area contributed by atoms with Crippen molar-refractivity contribution >= 4 is 18.0 Å². The molecule has 3 aliphatic heterocycles. The Morgan fingerprint density at radius 2 is 1.75 bits per heavy atom. The number of ether oxygens (including phenoxy) is 4. The van der Waals surface area contributed by atoms with Crippen molar-refractivity contribution in [1.82, 2.24) is 10.4 Å². The predicted molar refractivity (Wildman–Crippen MR) is 161 cm³/mol. The van der Waals surface area contributed by atoms with Gasteiger partial charge in [0.2, 0.25) is 5.91 Å².